The number of rotatable bonds is 9. The van der Waals surface area contributed by atoms with E-state index in [0.29, 0.717) is 42.3 Å². The number of esters is 2. The van der Waals surface area contributed by atoms with E-state index in [-0.39, 0.29) is 24.2 Å². The summed E-state index contributed by atoms with van der Waals surface area (Å²) in [4.78, 5) is 22.5. The third-order valence-electron chi connectivity index (χ3n) is 5.23. The Balaban J connectivity index is 1.95. The molecule has 3 rings (SSSR count). The molecule has 8 heteroatoms. The van der Waals surface area contributed by atoms with Crippen LogP contribution >= 0.6 is 0 Å². The Hall–Kier alpha value is -3.42. The Morgan fingerprint density at radius 1 is 1.00 bits per heavy atom. The number of hydrogen-bond acceptors (Lipinski definition) is 8. The number of carbonyl (C=O) groups is 2. The first-order valence-corrected chi connectivity index (χ1v) is 10.3. The standard InChI is InChI=1S/C24H28O8/c1-14(25)30-7-5-6-16-8-20-21(13-31-15(2)26)23(32-24(20)22(9-16)29-4)17-10-18(27)12-19(11-17)28-3/h8-12,21,23,27H,5-7,13H2,1-4H3/t21-,23+/m1/s1. The zero-order valence-electron chi connectivity index (χ0n) is 18.7. The number of phenols is 1. The Kier molecular flexibility index (Phi) is 7.45. The lowest BCUT2D eigenvalue weighted by Gasteiger charge is -2.20. The van der Waals surface area contributed by atoms with Crippen molar-refractivity contribution in [3.05, 3.63) is 47.0 Å². The largest absolute Gasteiger partial charge is 0.508 e. The van der Waals surface area contributed by atoms with Gasteiger partial charge >= 0.3 is 11.9 Å². The molecule has 1 N–H and O–H groups in total. The molecule has 2 aromatic rings. The molecule has 1 aliphatic heterocycles. The summed E-state index contributed by atoms with van der Waals surface area (Å²) in [6, 6.07) is 8.78. The zero-order valence-corrected chi connectivity index (χ0v) is 18.7. The Morgan fingerprint density at radius 3 is 2.41 bits per heavy atom. The average molecular weight is 444 g/mol. The van der Waals surface area contributed by atoms with Crippen LogP contribution in [-0.2, 0) is 25.5 Å². The fraction of sp³-hybridized carbons (Fsp3) is 0.417. The maximum atomic E-state index is 11.5. The van der Waals surface area contributed by atoms with Crippen LogP contribution in [0.5, 0.6) is 23.0 Å². The van der Waals surface area contributed by atoms with Crippen molar-refractivity contribution in [2.24, 2.45) is 0 Å². The number of aromatic hydroxyl groups is 1. The van der Waals surface area contributed by atoms with Crippen molar-refractivity contribution < 1.29 is 38.4 Å². The molecule has 1 heterocycles. The molecule has 0 amide bonds. The second-order valence-electron chi connectivity index (χ2n) is 7.57. The highest BCUT2D eigenvalue weighted by Crippen LogP contribution is 2.51. The van der Waals surface area contributed by atoms with E-state index in [1.54, 1.807) is 19.2 Å². The molecule has 8 nitrogen and oxygen atoms in total. The molecule has 32 heavy (non-hydrogen) atoms. The van der Waals surface area contributed by atoms with Gasteiger partial charge in [-0.1, -0.05) is 6.07 Å². The van der Waals surface area contributed by atoms with Crippen LogP contribution in [0.25, 0.3) is 0 Å². The summed E-state index contributed by atoms with van der Waals surface area (Å²) in [6.07, 6.45) is 0.807. The third kappa shape index (κ3) is 5.43. The topological polar surface area (TPSA) is 101 Å². The van der Waals surface area contributed by atoms with Gasteiger partial charge < -0.3 is 28.8 Å². The van der Waals surface area contributed by atoms with Crippen LogP contribution in [0.1, 0.15) is 49.0 Å². The first-order valence-electron chi connectivity index (χ1n) is 10.3. The number of carbonyl (C=O) groups excluding carboxylic acids is 2. The molecule has 2 aromatic carbocycles. The van der Waals surface area contributed by atoms with E-state index in [2.05, 4.69) is 0 Å². The quantitative estimate of drug-likeness (QED) is 0.462. The maximum absolute atomic E-state index is 11.5. The summed E-state index contributed by atoms with van der Waals surface area (Å²) in [5.41, 5.74) is 2.52. The van der Waals surface area contributed by atoms with Crippen molar-refractivity contribution >= 4 is 11.9 Å². The predicted molar refractivity (Wildman–Crippen MR) is 115 cm³/mol. The lowest BCUT2D eigenvalue weighted by molar-refractivity contribution is -0.142. The van der Waals surface area contributed by atoms with Crippen molar-refractivity contribution in [2.45, 2.75) is 38.7 Å². The molecule has 0 fully saturated rings. The number of ether oxygens (including phenoxy) is 5. The minimum atomic E-state index is -0.518. The number of hydrogen-bond donors (Lipinski definition) is 1. The summed E-state index contributed by atoms with van der Waals surface area (Å²) >= 11 is 0. The Morgan fingerprint density at radius 2 is 1.75 bits per heavy atom. The van der Waals surface area contributed by atoms with E-state index < -0.39 is 12.1 Å². The van der Waals surface area contributed by atoms with Gasteiger partial charge in [0.1, 0.15) is 24.2 Å². The van der Waals surface area contributed by atoms with E-state index in [0.717, 1.165) is 11.1 Å². The van der Waals surface area contributed by atoms with Crippen molar-refractivity contribution in [2.75, 3.05) is 27.4 Å². The molecule has 0 radical (unpaired) electrons. The summed E-state index contributed by atoms with van der Waals surface area (Å²) in [5, 5.41) is 10.1. The van der Waals surface area contributed by atoms with E-state index in [1.807, 2.05) is 12.1 Å². The summed E-state index contributed by atoms with van der Waals surface area (Å²) < 4.78 is 27.5. The minimum Gasteiger partial charge on any atom is -0.508 e. The first kappa shape index (κ1) is 23.2. The van der Waals surface area contributed by atoms with Gasteiger partial charge in [0.15, 0.2) is 11.5 Å². The second-order valence-corrected chi connectivity index (χ2v) is 7.57. The van der Waals surface area contributed by atoms with Gasteiger partial charge in [-0.15, -0.1) is 0 Å². The number of methoxy groups -OCH3 is 2. The zero-order chi connectivity index (χ0) is 23.3. The van der Waals surface area contributed by atoms with E-state index in [1.165, 1.54) is 27.0 Å². The number of benzene rings is 2. The normalized spacial score (nSPS) is 16.6. The Bertz CT molecular complexity index is 984. The molecule has 0 saturated carbocycles. The van der Waals surface area contributed by atoms with Gasteiger partial charge in [-0.25, -0.2) is 0 Å². The summed E-state index contributed by atoms with van der Waals surface area (Å²) in [5.74, 6) is 0.647. The van der Waals surface area contributed by atoms with Gasteiger partial charge in [-0.3, -0.25) is 9.59 Å². The van der Waals surface area contributed by atoms with Crippen LogP contribution in [0.2, 0.25) is 0 Å². The molecule has 172 valence electrons. The Labute approximate surface area is 187 Å². The van der Waals surface area contributed by atoms with Crippen LogP contribution in [0.15, 0.2) is 30.3 Å². The highest BCUT2D eigenvalue weighted by atomic mass is 16.5. The highest BCUT2D eigenvalue weighted by Gasteiger charge is 2.39. The molecule has 0 bridgehead atoms. The summed E-state index contributed by atoms with van der Waals surface area (Å²) in [7, 11) is 3.08. The fourth-order valence-electron chi connectivity index (χ4n) is 3.82. The number of phenolic OH excluding ortho intramolecular Hbond substituents is 1. The van der Waals surface area contributed by atoms with Gasteiger partial charge in [-0.05, 0) is 36.6 Å². The van der Waals surface area contributed by atoms with E-state index >= 15 is 0 Å². The first-order chi connectivity index (χ1) is 15.3. The molecule has 0 spiro atoms. The van der Waals surface area contributed by atoms with Gasteiger partial charge in [0.05, 0.1) is 26.7 Å². The van der Waals surface area contributed by atoms with E-state index in [9.17, 15) is 14.7 Å². The predicted octanol–water partition coefficient (Wildman–Crippen LogP) is 3.69. The SMILES string of the molecule is COc1cc(O)cc([C@@H]2Oc3c(OC)cc(CCCOC(C)=O)cc3[C@H]2COC(C)=O)c1. The molecule has 0 unspecified atom stereocenters. The molecular formula is C24H28O8. The van der Waals surface area contributed by atoms with Gasteiger partial charge in [0.2, 0.25) is 0 Å². The van der Waals surface area contributed by atoms with Gasteiger partial charge in [0.25, 0.3) is 0 Å². The molecule has 1 aliphatic rings. The maximum Gasteiger partial charge on any atom is 0.302 e. The van der Waals surface area contributed by atoms with Crippen LogP contribution in [0.4, 0.5) is 0 Å². The molecule has 0 aliphatic carbocycles. The van der Waals surface area contributed by atoms with Crippen LogP contribution in [0.3, 0.4) is 0 Å². The molecule has 0 saturated heterocycles. The van der Waals surface area contributed by atoms with Crippen LogP contribution in [0, 0.1) is 0 Å². The number of aryl methyl sites for hydroxylation is 1. The van der Waals surface area contributed by atoms with Crippen molar-refractivity contribution in [1.82, 2.24) is 0 Å². The smallest absolute Gasteiger partial charge is 0.302 e. The monoisotopic (exact) mass is 444 g/mol. The second kappa shape index (κ2) is 10.3. The van der Waals surface area contributed by atoms with Crippen molar-refractivity contribution in [1.29, 1.82) is 0 Å². The lowest BCUT2D eigenvalue weighted by Crippen LogP contribution is -2.17. The summed E-state index contributed by atoms with van der Waals surface area (Å²) in [6.45, 7) is 3.17. The molecule has 0 aromatic heterocycles. The van der Waals surface area contributed by atoms with Crippen molar-refractivity contribution in [3.8, 4) is 23.0 Å². The average Bonchev–Trinajstić information content (AvgIpc) is 3.12. The van der Waals surface area contributed by atoms with Gasteiger partial charge in [0, 0.05) is 31.0 Å². The lowest BCUT2D eigenvalue weighted by atomic mass is 9.90. The van der Waals surface area contributed by atoms with Crippen LogP contribution in [-0.4, -0.2) is 44.5 Å². The van der Waals surface area contributed by atoms with Gasteiger partial charge in [-0.2, -0.15) is 0 Å². The highest BCUT2D eigenvalue weighted by molar-refractivity contribution is 5.66. The third-order valence-corrected chi connectivity index (χ3v) is 5.23. The molecular weight excluding hydrogens is 416 g/mol. The van der Waals surface area contributed by atoms with E-state index in [4.69, 9.17) is 23.7 Å². The van der Waals surface area contributed by atoms with Crippen LogP contribution < -0.4 is 14.2 Å². The number of fused-ring (bicyclic) bond motifs is 1. The fourth-order valence-corrected chi connectivity index (χ4v) is 3.82. The minimum absolute atomic E-state index is 0.0447. The molecule has 2 atom stereocenters. The van der Waals surface area contributed by atoms with Crippen molar-refractivity contribution in [3.63, 3.8) is 0 Å².